The van der Waals surface area contributed by atoms with Crippen molar-refractivity contribution in [2.24, 2.45) is 0 Å². The summed E-state index contributed by atoms with van der Waals surface area (Å²) in [5, 5.41) is 20.3. The Morgan fingerprint density at radius 2 is 2.20 bits per heavy atom. The normalized spacial score (nSPS) is 10.3. The molecule has 2 aromatic rings. The van der Waals surface area contributed by atoms with Crippen molar-refractivity contribution >= 4 is 11.8 Å². The van der Waals surface area contributed by atoms with Crippen LogP contribution in [0, 0.1) is 13.8 Å². The molecule has 0 saturated heterocycles. The van der Waals surface area contributed by atoms with Crippen LogP contribution in [-0.4, -0.2) is 32.6 Å². The molecule has 0 radical (unpaired) electrons. The number of carboxylic acids is 1. The number of rotatable bonds is 5. The van der Waals surface area contributed by atoms with E-state index in [1.54, 1.807) is 6.08 Å². The number of benzene rings is 1. The third-order valence-corrected chi connectivity index (χ3v) is 2.81. The number of carbonyl (C=O) groups is 1. The number of hydrogen-bond donors (Lipinski definition) is 2. The fourth-order valence-electron chi connectivity index (χ4n) is 1.78. The van der Waals surface area contributed by atoms with Crippen molar-refractivity contribution < 1.29 is 9.90 Å². The third kappa shape index (κ3) is 2.69. The highest BCUT2D eigenvalue weighted by Gasteiger charge is 2.18. The Bertz CT molecular complexity index is 661. The summed E-state index contributed by atoms with van der Waals surface area (Å²) in [5.41, 5.74) is 2.69. The molecule has 20 heavy (non-hydrogen) atoms. The van der Waals surface area contributed by atoms with Gasteiger partial charge in [-0.15, -0.1) is 21.6 Å². The molecule has 0 unspecified atom stereocenters. The molecule has 0 aliphatic heterocycles. The van der Waals surface area contributed by atoms with E-state index in [-0.39, 0.29) is 11.5 Å². The average Bonchev–Trinajstić information content (AvgIpc) is 2.83. The smallest absolute Gasteiger partial charge is 0.360 e. The first-order valence-electron chi connectivity index (χ1n) is 6.16. The van der Waals surface area contributed by atoms with E-state index in [2.05, 4.69) is 22.1 Å². The van der Waals surface area contributed by atoms with Crippen LogP contribution < -0.4 is 5.32 Å². The Morgan fingerprint density at radius 1 is 1.45 bits per heavy atom. The maximum atomic E-state index is 11.2. The second kappa shape index (κ2) is 5.56. The summed E-state index contributed by atoms with van der Waals surface area (Å²) in [6, 6.07) is 5.85. The van der Waals surface area contributed by atoms with Gasteiger partial charge in [-0.25, -0.2) is 4.79 Å². The molecule has 0 atom stereocenters. The molecule has 6 heteroatoms. The quantitative estimate of drug-likeness (QED) is 0.815. The van der Waals surface area contributed by atoms with E-state index >= 15 is 0 Å². The summed E-state index contributed by atoms with van der Waals surface area (Å²) in [6.45, 7) is 7.88. The van der Waals surface area contributed by atoms with E-state index in [4.69, 9.17) is 5.11 Å². The van der Waals surface area contributed by atoms with Crippen molar-refractivity contribution in [2.45, 2.75) is 13.8 Å². The van der Waals surface area contributed by atoms with E-state index < -0.39 is 5.97 Å². The molecule has 0 aliphatic carbocycles. The Labute approximate surface area is 116 Å². The number of nitrogens with one attached hydrogen (secondary N) is 1. The van der Waals surface area contributed by atoms with Gasteiger partial charge in [-0.05, 0) is 31.0 Å². The topological polar surface area (TPSA) is 80.0 Å². The number of nitrogens with zero attached hydrogens (tertiary/aromatic N) is 3. The molecular weight excluding hydrogens is 256 g/mol. The van der Waals surface area contributed by atoms with Gasteiger partial charge in [0.1, 0.15) is 0 Å². The Hall–Kier alpha value is -2.63. The first kappa shape index (κ1) is 13.8. The van der Waals surface area contributed by atoms with Crippen molar-refractivity contribution in [3.05, 3.63) is 47.7 Å². The molecule has 0 saturated carbocycles. The minimum Gasteiger partial charge on any atom is -0.476 e. The predicted octanol–water partition coefficient (Wildman–Crippen LogP) is 2.18. The van der Waals surface area contributed by atoms with E-state index in [1.165, 1.54) is 4.80 Å². The van der Waals surface area contributed by atoms with E-state index in [1.807, 2.05) is 32.0 Å². The van der Waals surface area contributed by atoms with Gasteiger partial charge in [0.25, 0.3) is 0 Å². The maximum Gasteiger partial charge on any atom is 0.360 e. The lowest BCUT2D eigenvalue weighted by Crippen LogP contribution is -2.05. The molecule has 104 valence electrons. The zero-order chi connectivity index (χ0) is 14.7. The van der Waals surface area contributed by atoms with Crippen LogP contribution in [0.5, 0.6) is 0 Å². The lowest BCUT2D eigenvalue weighted by molar-refractivity contribution is 0.0691. The lowest BCUT2D eigenvalue weighted by atomic mass is 10.1. The first-order valence-corrected chi connectivity index (χ1v) is 6.16. The van der Waals surface area contributed by atoms with Gasteiger partial charge < -0.3 is 10.4 Å². The minimum absolute atomic E-state index is 0.104. The zero-order valence-electron chi connectivity index (χ0n) is 11.4. The van der Waals surface area contributed by atoms with Crippen molar-refractivity contribution in [3.8, 4) is 5.69 Å². The molecule has 1 aromatic heterocycles. The molecule has 1 heterocycles. The van der Waals surface area contributed by atoms with Crippen LogP contribution in [0.4, 0.5) is 5.82 Å². The Morgan fingerprint density at radius 3 is 2.85 bits per heavy atom. The summed E-state index contributed by atoms with van der Waals surface area (Å²) < 4.78 is 0. The highest BCUT2D eigenvalue weighted by molar-refractivity contribution is 5.90. The molecule has 2 N–H and O–H groups in total. The summed E-state index contributed by atoms with van der Waals surface area (Å²) in [7, 11) is 0. The predicted molar refractivity (Wildman–Crippen MR) is 76.5 cm³/mol. The number of aryl methyl sites for hydroxylation is 2. The molecule has 2 rings (SSSR count). The number of anilines is 1. The van der Waals surface area contributed by atoms with Crippen molar-refractivity contribution in [1.29, 1.82) is 0 Å². The van der Waals surface area contributed by atoms with E-state index in [0.29, 0.717) is 6.54 Å². The third-order valence-electron chi connectivity index (χ3n) is 2.81. The number of aromatic carboxylic acids is 1. The molecule has 0 bridgehead atoms. The Balaban J connectivity index is 2.49. The lowest BCUT2D eigenvalue weighted by Gasteiger charge is -2.05. The van der Waals surface area contributed by atoms with E-state index in [0.717, 1.165) is 16.8 Å². The van der Waals surface area contributed by atoms with E-state index in [9.17, 15) is 4.79 Å². The van der Waals surface area contributed by atoms with Gasteiger partial charge in [0.2, 0.25) is 5.69 Å². The fourth-order valence-corrected chi connectivity index (χ4v) is 1.78. The standard InChI is InChI=1S/C14H16N4O2/c1-4-7-15-13-12(14(19)20)16-18(17-13)11-8-9(2)5-6-10(11)3/h4-6,8H,1,7H2,2-3H3,(H,15,17)(H,19,20). The summed E-state index contributed by atoms with van der Waals surface area (Å²) >= 11 is 0. The van der Waals surface area contributed by atoms with Crippen molar-refractivity contribution in [2.75, 3.05) is 11.9 Å². The van der Waals surface area contributed by atoms with Crippen LogP contribution in [0.25, 0.3) is 5.69 Å². The highest BCUT2D eigenvalue weighted by atomic mass is 16.4. The van der Waals surface area contributed by atoms with Gasteiger partial charge in [-0.2, -0.15) is 0 Å². The average molecular weight is 272 g/mol. The van der Waals surface area contributed by atoms with Crippen LogP contribution in [0.15, 0.2) is 30.9 Å². The first-order chi connectivity index (χ1) is 9.52. The molecule has 0 fully saturated rings. The van der Waals surface area contributed by atoms with Crippen LogP contribution in [-0.2, 0) is 0 Å². The summed E-state index contributed by atoms with van der Waals surface area (Å²) in [6.07, 6.45) is 1.63. The highest BCUT2D eigenvalue weighted by Crippen LogP contribution is 2.17. The molecule has 1 aromatic carbocycles. The Kier molecular flexibility index (Phi) is 3.84. The van der Waals surface area contributed by atoms with Crippen molar-refractivity contribution in [1.82, 2.24) is 15.0 Å². The second-order valence-corrected chi connectivity index (χ2v) is 4.45. The second-order valence-electron chi connectivity index (χ2n) is 4.45. The minimum atomic E-state index is -1.12. The van der Waals surface area contributed by atoms with Gasteiger partial charge in [0, 0.05) is 6.54 Å². The van der Waals surface area contributed by atoms with Crippen LogP contribution in [0.1, 0.15) is 21.6 Å². The number of aromatic nitrogens is 3. The van der Waals surface area contributed by atoms with Crippen LogP contribution in [0.3, 0.4) is 0 Å². The fraction of sp³-hybridized carbons (Fsp3) is 0.214. The van der Waals surface area contributed by atoms with Crippen LogP contribution in [0.2, 0.25) is 0 Å². The zero-order valence-corrected chi connectivity index (χ0v) is 11.4. The summed E-state index contributed by atoms with van der Waals surface area (Å²) in [4.78, 5) is 12.5. The molecule has 0 spiro atoms. The molecule has 0 amide bonds. The van der Waals surface area contributed by atoms with Crippen LogP contribution >= 0.6 is 0 Å². The van der Waals surface area contributed by atoms with Gasteiger partial charge in [-0.1, -0.05) is 18.2 Å². The monoisotopic (exact) mass is 272 g/mol. The van der Waals surface area contributed by atoms with Gasteiger partial charge >= 0.3 is 5.97 Å². The summed E-state index contributed by atoms with van der Waals surface area (Å²) in [5.74, 6) is -0.883. The SMILES string of the molecule is C=CCNc1nn(-c2cc(C)ccc2C)nc1C(=O)O. The molecule has 6 nitrogen and oxygen atoms in total. The van der Waals surface area contributed by atoms with Gasteiger partial charge in [-0.3, -0.25) is 0 Å². The maximum absolute atomic E-state index is 11.2. The number of carboxylic acid groups (broad SMARTS) is 1. The molecular formula is C14H16N4O2. The van der Waals surface area contributed by atoms with Crippen molar-refractivity contribution in [3.63, 3.8) is 0 Å². The van der Waals surface area contributed by atoms with Gasteiger partial charge in [0.05, 0.1) is 5.69 Å². The molecule has 0 aliphatic rings. The van der Waals surface area contributed by atoms with Gasteiger partial charge in [0.15, 0.2) is 5.82 Å². The number of hydrogen-bond acceptors (Lipinski definition) is 4. The largest absolute Gasteiger partial charge is 0.476 e.